The molecule has 1 amide bonds. The molecule has 0 bridgehead atoms. The van der Waals surface area contributed by atoms with Gasteiger partial charge in [-0.3, -0.25) is 14.9 Å². The number of ether oxygens (including phenoxy) is 1. The van der Waals surface area contributed by atoms with Crippen LogP contribution in [0.5, 0.6) is 0 Å². The molecule has 8 heteroatoms. The number of nitro groups is 1. The zero-order valence-electron chi connectivity index (χ0n) is 10.7. The first kappa shape index (κ1) is 15.6. The highest BCUT2D eigenvalue weighted by Crippen LogP contribution is 2.19. The number of carbonyl (C=O) groups excluding carboxylic acids is 1. The number of benzene rings is 1. The van der Waals surface area contributed by atoms with Crippen LogP contribution in [-0.2, 0) is 20.7 Å². The van der Waals surface area contributed by atoms with Crippen molar-refractivity contribution >= 4 is 17.6 Å². The van der Waals surface area contributed by atoms with Crippen LogP contribution in [0.4, 0.5) is 5.69 Å². The normalized spacial score (nSPS) is 11.7. The molecule has 20 heavy (non-hydrogen) atoms. The Morgan fingerprint density at radius 2 is 2.10 bits per heavy atom. The molecule has 0 aliphatic rings. The first-order valence-corrected chi connectivity index (χ1v) is 5.69. The van der Waals surface area contributed by atoms with Crippen molar-refractivity contribution < 1.29 is 24.4 Å². The van der Waals surface area contributed by atoms with Gasteiger partial charge >= 0.3 is 5.97 Å². The summed E-state index contributed by atoms with van der Waals surface area (Å²) in [6.07, 6.45) is -0.179. The maximum Gasteiger partial charge on any atom is 0.326 e. The zero-order chi connectivity index (χ0) is 15.1. The third-order valence-corrected chi connectivity index (χ3v) is 2.52. The number of para-hydroxylation sites is 1. The van der Waals surface area contributed by atoms with E-state index in [4.69, 9.17) is 5.11 Å². The van der Waals surface area contributed by atoms with Crippen molar-refractivity contribution in [1.82, 2.24) is 5.32 Å². The van der Waals surface area contributed by atoms with E-state index in [1.165, 1.54) is 25.3 Å². The summed E-state index contributed by atoms with van der Waals surface area (Å²) in [5.74, 6) is -1.87. The zero-order valence-corrected chi connectivity index (χ0v) is 10.7. The number of carboxylic acids is 1. The van der Waals surface area contributed by atoms with E-state index >= 15 is 0 Å². The highest BCUT2D eigenvalue weighted by atomic mass is 16.6. The third kappa shape index (κ3) is 4.32. The van der Waals surface area contributed by atoms with Gasteiger partial charge < -0.3 is 15.2 Å². The van der Waals surface area contributed by atoms with Gasteiger partial charge in [0, 0.05) is 25.2 Å². The fourth-order valence-corrected chi connectivity index (χ4v) is 1.65. The van der Waals surface area contributed by atoms with Gasteiger partial charge in [-0.15, -0.1) is 0 Å². The number of amides is 1. The van der Waals surface area contributed by atoms with Crippen LogP contribution in [0.2, 0.25) is 0 Å². The topological polar surface area (TPSA) is 119 Å². The Hall–Kier alpha value is -2.48. The molecule has 0 aromatic heterocycles. The molecule has 0 saturated heterocycles. The average Bonchev–Trinajstić information content (AvgIpc) is 2.38. The number of hydrogen-bond donors (Lipinski definition) is 2. The molecule has 1 rings (SSSR count). The SMILES string of the molecule is COCC(=O)N[C@H](Cc1ccccc1[N+](=O)[O-])C(=O)O. The Kier molecular flexibility index (Phi) is 5.60. The van der Waals surface area contributed by atoms with Gasteiger partial charge in [-0.25, -0.2) is 4.79 Å². The first-order chi connectivity index (χ1) is 9.45. The minimum Gasteiger partial charge on any atom is -0.480 e. The second-order valence-electron chi connectivity index (χ2n) is 3.98. The van der Waals surface area contributed by atoms with Crippen LogP contribution >= 0.6 is 0 Å². The maximum absolute atomic E-state index is 11.3. The third-order valence-electron chi connectivity index (χ3n) is 2.52. The lowest BCUT2D eigenvalue weighted by Gasteiger charge is -2.14. The molecule has 0 aliphatic heterocycles. The number of nitro benzene ring substituents is 1. The first-order valence-electron chi connectivity index (χ1n) is 5.69. The number of carbonyl (C=O) groups is 2. The van der Waals surface area contributed by atoms with Gasteiger partial charge in [0.15, 0.2) is 0 Å². The van der Waals surface area contributed by atoms with Gasteiger partial charge in [0.05, 0.1) is 4.92 Å². The van der Waals surface area contributed by atoms with Crippen molar-refractivity contribution in [3.8, 4) is 0 Å². The lowest BCUT2D eigenvalue weighted by molar-refractivity contribution is -0.385. The molecule has 108 valence electrons. The minimum absolute atomic E-state index is 0.179. The molecule has 0 saturated carbocycles. The van der Waals surface area contributed by atoms with Crippen molar-refractivity contribution in [3.05, 3.63) is 39.9 Å². The van der Waals surface area contributed by atoms with E-state index in [0.29, 0.717) is 0 Å². The molecule has 0 fully saturated rings. The van der Waals surface area contributed by atoms with Gasteiger partial charge in [-0.1, -0.05) is 18.2 Å². The molecule has 8 nitrogen and oxygen atoms in total. The summed E-state index contributed by atoms with van der Waals surface area (Å²) in [6.45, 7) is -0.277. The van der Waals surface area contributed by atoms with Crippen LogP contribution in [0.1, 0.15) is 5.56 Å². The van der Waals surface area contributed by atoms with E-state index in [2.05, 4.69) is 10.1 Å². The predicted octanol–water partition coefficient (Wildman–Crippen LogP) is 0.353. The Balaban J connectivity index is 2.89. The Morgan fingerprint density at radius 3 is 2.65 bits per heavy atom. The summed E-state index contributed by atoms with van der Waals surface area (Å²) in [7, 11) is 1.30. The van der Waals surface area contributed by atoms with E-state index in [9.17, 15) is 19.7 Å². The van der Waals surface area contributed by atoms with E-state index in [1.807, 2.05) is 0 Å². The molecule has 0 radical (unpaired) electrons. The number of nitrogens with zero attached hydrogens (tertiary/aromatic N) is 1. The fraction of sp³-hybridized carbons (Fsp3) is 0.333. The summed E-state index contributed by atoms with van der Waals surface area (Å²) in [6, 6.07) is 4.54. The summed E-state index contributed by atoms with van der Waals surface area (Å²) < 4.78 is 4.58. The predicted molar refractivity (Wildman–Crippen MR) is 68.2 cm³/mol. The van der Waals surface area contributed by atoms with Gasteiger partial charge in [0.1, 0.15) is 12.6 Å². The second-order valence-corrected chi connectivity index (χ2v) is 3.98. The highest BCUT2D eigenvalue weighted by molar-refractivity contribution is 5.84. The maximum atomic E-state index is 11.3. The van der Waals surface area contributed by atoms with E-state index in [-0.39, 0.29) is 24.3 Å². The van der Waals surface area contributed by atoms with Crippen molar-refractivity contribution in [2.24, 2.45) is 0 Å². The smallest absolute Gasteiger partial charge is 0.326 e. The molecule has 0 aliphatic carbocycles. The summed E-state index contributed by atoms with van der Waals surface area (Å²) in [4.78, 5) is 32.7. The van der Waals surface area contributed by atoms with Crippen LogP contribution in [0, 0.1) is 10.1 Å². The number of aliphatic carboxylic acids is 1. The molecule has 1 aromatic rings. The lowest BCUT2D eigenvalue weighted by Crippen LogP contribution is -2.43. The molecule has 1 aromatic carbocycles. The summed E-state index contributed by atoms with van der Waals surface area (Å²) >= 11 is 0. The van der Waals surface area contributed by atoms with E-state index in [0.717, 1.165) is 0 Å². The van der Waals surface area contributed by atoms with Crippen LogP contribution in [0.25, 0.3) is 0 Å². The van der Waals surface area contributed by atoms with Crippen LogP contribution in [-0.4, -0.2) is 41.7 Å². The van der Waals surface area contributed by atoms with Gasteiger partial charge in [-0.05, 0) is 0 Å². The Bertz CT molecular complexity index is 516. The second kappa shape index (κ2) is 7.19. The molecule has 0 spiro atoms. The van der Waals surface area contributed by atoms with Gasteiger partial charge in [0.2, 0.25) is 5.91 Å². The van der Waals surface area contributed by atoms with Crippen LogP contribution in [0.15, 0.2) is 24.3 Å². The quantitative estimate of drug-likeness (QED) is 0.550. The van der Waals surface area contributed by atoms with Crippen molar-refractivity contribution in [1.29, 1.82) is 0 Å². The minimum atomic E-state index is -1.27. The molecule has 2 N–H and O–H groups in total. The number of hydrogen-bond acceptors (Lipinski definition) is 5. The molecular weight excluding hydrogens is 268 g/mol. The largest absolute Gasteiger partial charge is 0.480 e. The van der Waals surface area contributed by atoms with Gasteiger partial charge in [0.25, 0.3) is 5.69 Å². The summed E-state index contributed by atoms with van der Waals surface area (Å²) in [5.41, 5.74) is 0.0577. The average molecular weight is 282 g/mol. The number of methoxy groups -OCH3 is 1. The standard InChI is InChI=1S/C12H14N2O6/c1-20-7-11(15)13-9(12(16)17)6-8-4-2-3-5-10(8)14(18)19/h2-5,9H,6-7H2,1H3,(H,13,15)(H,16,17)/t9-/m1/s1. The highest BCUT2D eigenvalue weighted by Gasteiger charge is 2.24. The van der Waals surface area contributed by atoms with Crippen molar-refractivity contribution in [3.63, 3.8) is 0 Å². The van der Waals surface area contributed by atoms with Gasteiger partial charge in [-0.2, -0.15) is 0 Å². The van der Waals surface area contributed by atoms with Crippen molar-refractivity contribution in [2.75, 3.05) is 13.7 Å². The van der Waals surface area contributed by atoms with Crippen LogP contribution < -0.4 is 5.32 Å². The number of rotatable bonds is 7. The lowest BCUT2D eigenvalue weighted by atomic mass is 10.0. The number of nitrogens with one attached hydrogen (secondary N) is 1. The van der Waals surface area contributed by atoms with E-state index in [1.54, 1.807) is 6.07 Å². The Labute approximate surface area is 114 Å². The van der Waals surface area contributed by atoms with Crippen LogP contribution in [0.3, 0.4) is 0 Å². The molecule has 0 heterocycles. The monoisotopic (exact) mass is 282 g/mol. The summed E-state index contributed by atoms with van der Waals surface area (Å²) in [5, 5.41) is 22.2. The molecular formula is C12H14N2O6. The molecule has 0 unspecified atom stereocenters. The molecule has 1 atom stereocenters. The fourth-order valence-electron chi connectivity index (χ4n) is 1.65. The number of carboxylic acid groups (broad SMARTS) is 1. The van der Waals surface area contributed by atoms with Crippen molar-refractivity contribution in [2.45, 2.75) is 12.5 Å². The van der Waals surface area contributed by atoms with E-state index < -0.39 is 22.8 Å². The Morgan fingerprint density at radius 1 is 1.45 bits per heavy atom.